The highest BCUT2D eigenvalue weighted by molar-refractivity contribution is 7.89. The minimum absolute atomic E-state index is 0.00852. The van der Waals surface area contributed by atoms with Crippen LogP contribution in [0.15, 0.2) is 41.3 Å². The molecule has 3 N–H and O–H groups in total. The molecule has 0 unspecified atom stereocenters. The quantitative estimate of drug-likeness (QED) is 0.356. The Bertz CT molecular complexity index is 1860. The number of anilines is 1. The van der Waals surface area contributed by atoms with Gasteiger partial charge >= 0.3 is 0 Å². The van der Waals surface area contributed by atoms with Gasteiger partial charge in [0.25, 0.3) is 11.8 Å². The van der Waals surface area contributed by atoms with E-state index in [0.29, 0.717) is 59.1 Å². The summed E-state index contributed by atoms with van der Waals surface area (Å²) in [7, 11) is -2.40. The zero-order valence-corrected chi connectivity index (χ0v) is 27.4. The molecule has 2 aromatic carbocycles. The fraction of sp³-hybridized carbons (Fsp3) is 0.455. The predicted molar refractivity (Wildman–Crippen MR) is 171 cm³/mol. The second-order valence-corrected chi connectivity index (χ2v) is 15.0. The Morgan fingerprint density at radius 1 is 1.15 bits per heavy atom. The molecule has 0 atom stereocenters. The number of methoxy groups -OCH3 is 1. The number of piperidine rings is 1. The molecule has 2 amide bonds. The van der Waals surface area contributed by atoms with Crippen LogP contribution in [-0.2, 0) is 16.4 Å². The number of nitrogens with two attached hydrogens (primary N) is 1. The molecule has 0 bridgehead atoms. The van der Waals surface area contributed by atoms with Crippen LogP contribution in [0.5, 0.6) is 5.75 Å². The smallest absolute Gasteiger partial charge is 0.258 e. The maximum atomic E-state index is 13.7. The molecule has 12 nitrogen and oxygen atoms in total. The average molecular weight is 646 g/mol. The van der Waals surface area contributed by atoms with Crippen molar-refractivity contribution in [2.75, 3.05) is 32.1 Å². The van der Waals surface area contributed by atoms with E-state index in [1.54, 1.807) is 16.8 Å². The van der Waals surface area contributed by atoms with Gasteiger partial charge < -0.3 is 20.7 Å². The number of aryl methyl sites for hydroxylation is 1. The van der Waals surface area contributed by atoms with E-state index in [0.717, 1.165) is 25.1 Å². The van der Waals surface area contributed by atoms with Crippen LogP contribution in [0, 0.1) is 24.2 Å². The number of amides is 2. The molecule has 3 aliphatic rings. The van der Waals surface area contributed by atoms with E-state index in [4.69, 9.17) is 15.6 Å². The van der Waals surface area contributed by atoms with Gasteiger partial charge in [0.2, 0.25) is 10.0 Å². The maximum absolute atomic E-state index is 13.7. The molecule has 3 heterocycles. The standard InChI is InChI=1S/C33H39N7O5S/c1-20-30-28(17-33(2,3)39(32(30)42)19-21-5-6-21)40(37-20)24-7-9-26(31(35)41)27(16-24)36-23-11-13-38(14-12-23)46(43,44)25-8-10-29(45-4)22(15-25)18-34/h7-10,15-16,21,23,36H,5-6,11-14,17,19H2,1-4H3,(H2,35,41). The monoisotopic (exact) mass is 645 g/mol. The number of primary amides is 1. The van der Waals surface area contributed by atoms with Crippen molar-refractivity contribution >= 4 is 27.5 Å². The SMILES string of the molecule is COc1ccc(S(=O)(=O)N2CCC(Nc3cc(-n4nc(C)c5c4CC(C)(C)N(CC4CC4)C5=O)ccc3C(N)=O)CC2)cc1C#N. The Kier molecular flexibility index (Phi) is 8.06. The first-order valence-electron chi connectivity index (χ1n) is 15.5. The van der Waals surface area contributed by atoms with Gasteiger partial charge in [-0.2, -0.15) is 14.7 Å². The van der Waals surface area contributed by atoms with Crippen LogP contribution in [-0.4, -0.2) is 77.5 Å². The number of nitriles is 1. The molecule has 0 radical (unpaired) electrons. The fourth-order valence-electron chi connectivity index (χ4n) is 6.58. The fourth-order valence-corrected chi connectivity index (χ4v) is 8.07. The number of hydrogen-bond donors (Lipinski definition) is 2. The molecule has 1 aromatic heterocycles. The maximum Gasteiger partial charge on any atom is 0.258 e. The van der Waals surface area contributed by atoms with Crippen molar-refractivity contribution in [1.29, 1.82) is 5.26 Å². The summed E-state index contributed by atoms with van der Waals surface area (Å²) in [4.78, 5) is 28.2. The summed E-state index contributed by atoms with van der Waals surface area (Å²) in [5.74, 6) is 0.302. The molecule has 2 fully saturated rings. The van der Waals surface area contributed by atoms with Crippen LogP contribution in [0.3, 0.4) is 0 Å². The van der Waals surface area contributed by atoms with Gasteiger partial charge in [-0.25, -0.2) is 13.1 Å². The molecule has 1 aliphatic carbocycles. The topological polar surface area (TPSA) is 164 Å². The van der Waals surface area contributed by atoms with E-state index in [9.17, 15) is 23.3 Å². The van der Waals surface area contributed by atoms with E-state index < -0.39 is 15.9 Å². The van der Waals surface area contributed by atoms with Gasteiger partial charge in [0, 0.05) is 43.3 Å². The van der Waals surface area contributed by atoms with E-state index in [2.05, 4.69) is 19.2 Å². The molecule has 242 valence electrons. The Hall–Kier alpha value is -4.41. The first kappa shape index (κ1) is 31.6. The first-order chi connectivity index (χ1) is 21.8. The lowest BCUT2D eigenvalue weighted by atomic mass is 9.87. The number of rotatable bonds is 9. The molecular formula is C33H39N7O5S. The van der Waals surface area contributed by atoms with E-state index in [1.807, 2.05) is 24.0 Å². The number of aromatic nitrogens is 2. The number of nitrogens with zero attached hydrogens (tertiary/aromatic N) is 5. The van der Waals surface area contributed by atoms with Crippen LogP contribution in [0.2, 0.25) is 0 Å². The van der Waals surface area contributed by atoms with Crippen molar-refractivity contribution in [3.05, 3.63) is 64.5 Å². The van der Waals surface area contributed by atoms with Crippen molar-refractivity contribution in [2.45, 2.75) is 69.4 Å². The minimum Gasteiger partial charge on any atom is -0.495 e. The number of carbonyl (C=O) groups excluding carboxylic acids is 2. The lowest BCUT2D eigenvalue weighted by Gasteiger charge is -2.42. The Morgan fingerprint density at radius 3 is 2.50 bits per heavy atom. The second kappa shape index (κ2) is 11.7. The number of hydrogen-bond acceptors (Lipinski definition) is 8. The summed E-state index contributed by atoms with van der Waals surface area (Å²) in [6.45, 7) is 7.30. The summed E-state index contributed by atoms with van der Waals surface area (Å²) in [6, 6.07) is 11.4. The summed E-state index contributed by atoms with van der Waals surface area (Å²) < 4.78 is 35.1. The summed E-state index contributed by atoms with van der Waals surface area (Å²) in [5, 5.41) is 17.6. The largest absolute Gasteiger partial charge is 0.495 e. The molecule has 6 rings (SSSR count). The highest BCUT2D eigenvalue weighted by Crippen LogP contribution is 2.39. The number of benzene rings is 2. The molecule has 0 spiro atoms. The van der Waals surface area contributed by atoms with Gasteiger partial charge in [-0.05, 0) is 88.8 Å². The van der Waals surface area contributed by atoms with Crippen LogP contribution in [0.4, 0.5) is 5.69 Å². The summed E-state index contributed by atoms with van der Waals surface area (Å²) in [6.07, 6.45) is 3.93. The van der Waals surface area contributed by atoms with Crippen LogP contribution >= 0.6 is 0 Å². The Morgan fingerprint density at radius 2 is 1.87 bits per heavy atom. The van der Waals surface area contributed by atoms with E-state index in [1.165, 1.54) is 29.6 Å². The van der Waals surface area contributed by atoms with Gasteiger partial charge in [0.15, 0.2) is 0 Å². The molecule has 1 saturated heterocycles. The van der Waals surface area contributed by atoms with E-state index in [-0.39, 0.29) is 41.0 Å². The number of fused-ring (bicyclic) bond motifs is 1. The van der Waals surface area contributed by atoms with Crippen LogP contribution in [0.25, 0.3) is 5.69 Å². The second-order valence-electron chi connectivity index (χ2n) is 13.1. The lowest BCUT2D eigenvalue weighted by Crippen LogP contribution is -2.53. The lowest BCUT2D eigenvalue weighted by molar-refractivity contribution is 0.0487. The molecule has 1 saturated carbocycles. The van der Waals surface area contributed by atoms with Gasteiger partial charge in [0.05, 0.1) is 45.8 Å². The van der Waals surface area contributed by atoms with Crippen LogP contribution < -0.4 is 15.8 Å². The van der Waals surface area contributed by atoms with Gasteiger partial charge in [0.1, 0.15) is 11.8 Å². The molecular weight excluding hydrogens is 606 g/mol. The predicted octanol–water partition coefficient (Wildman–Crippen LogP) is 3.61. The van der Waals surface area contributed by atoms with Crippen molar-refractivity contribution in [3.8, 4) is 17.5 Å². The number of carbonyl (C=O) groups is 2. The normalized spacial score (nSPS) is 18.6. The molecule has 13 heteroatoms. The average Bonchev–Trinajstić information content (AvgIpc) is 3.79. The van der Waals surface area contributed by atoms with Crippen molar-refractivity contribution in [1.82, 2.24) is 19.0 Å². The third-order valence-electron chi connectivity index (χ3n) is 9.34. The first-order valence-corrected chi connectivity index (χ1v) is 17.0. The zero-order chi connectivity index (χ0) is 33.0. The zero-order valence-electron chi connectivity index (χ0n) is 26.5. The van der Waals surface area contributed by atoms with Gasteiger partial charge in [-0.15, -0.1) is 0 Å². The Balaban J connectivity index is 1.23. The number of sulfonamides is 1. The third kappa shape index (κ3) is 5.71. The third-order valence-corrected chi connectivity index (χ3v) is 11.2. The number of ether oxygens (including phenoxy) is 1. The van der Waals surface area contributed by atoms with Crippen LogP contribution in [0.1, 0.15) is 77.2 Å². The highest BCUT2D eigenvalue weighted by atomic mass is 32.2. The summed E-state index contributed by atoms with van der Waals surface area (Å²) >= 11 is 0. The highest BCUT2D eigenvalue weighted by Gasteiger charge is 2.43. The summed E-state index contributed by atoms with van der Waals surface area (Å²) in [5.41, 5.74) is 9.21. The van der Waals surface area contributed by atoms with Crippen molar-refractivity contribution < 1.29 is 22.7 Å². The van der Waals surface area contributed by atoms with Crippen molar-refractivity contribution in [3.63, 3.8) is 0 Å². The molecule has 2 aliphatic heterocycles. The van der Waals surface area contributed by atoms with Gasteiger partial charge in [-0.1, -0.05) is 0 Å². The number of nitrogens with one attached hydrogen (secondary N) is 1. The minimum atomic E-state index is -3.83. The molecule has 3 aromatic rings. The molecule has 46 heavy (non-hydrogen) atoms. The van der Waals surface area contributed by atoms with E-state index >= 15 is 0 Å². The Labute approximate surface area is 269 Å². The van der Waals surface area contributed by atoms with Crippen molar-refractivity contribution in [2.24, 2.45) is 11.7 Å². The van der Waals surface area contributed by atoms with Gasteiger partial charge in [-0.3, -0.25) is 9.59 Å².